The Morgan fingerprint density at radius 2 is 1.73 bits per heavy atom. The Kier molecular flexibility index (Phi) is 8.63. The quantitative estimate of drug-likeness (QED) is 0.202. The maximum Gasteiger partial charge on any atom is 0.264 e. The van der Waals surface area contributed by atoms with Crippen LogP contribution in [0.15, 0.2) is 79.1 Å². The number of nitrogens with one attached hydrogen (secondary N) is 1. The molecule has 2 amide bonds. The van der Waals surface area contributed by atoms with Gasteiger partial charge >= 0.3 is 0 Å². The third-order valence-corrected chi connectivity index (χ3v) is 10.0. The molecule has 9 nitrogen and oxygen atoms in total. The van der Waals surface area contributed by atoms with E-state index in [9.17, 15) is 14.7 Å². The van der Waals surface area contributed by atoms with Gasteiger partial charge in [-0.1, -0.05) is 38.1 Å². The van der Waals surface area contributed by atoms with Gasteiger partial charge in [0.05, 0.1) is 17.4 Å². The Hall–Kier alpha value is -5.15. The molecule has 0 saturated carbocycles. The zero-order valence-electron chi connectivity index (χ0n) is 28.9. The number of carbonyl (C=O) groups excluding carboxylic acids is 2. The zero-order valence-corrected chi connectivity index (χ0v) is 28.9. The number of carbonyl (C=O) groups is 2. The number of aromatic nitrogens is 3. The minimum atomic E-state index is -0.217. The van der Waals surface area contributed by atoms with Crippen molar-refractivity contribution in [2.45, 2.75) is 66.2 Å². The average Bonchev–Trinajstić information content (AvgIpc) is 3.67. The summed E-state index contributed by atoms with van der Waals surface area (Å²) in [6.07, 6.45) is 5.27. The molecule has 0 saturated heterocycles. The Morgan fingerprint density at radius 1 is 0.980 bits per heavy atom. The van der Waals surface area contributed by atoms with E-state index in [4.69, 9.17) is 0 Å². The summed E-state index contributed by atoms with van der Waals surface area (Å²) in [5.41, 5.74) is 9.71. The monoisotopic (exact) mass is 656 g/mol. The van der Waals surface area contributed by atoms with E-state index < -0.39 is 0 Å². The highest BCUT2D eigenvalue weighted by Crippen LogP contribution is 2.36. The molecule has 2 aliphatic rings. The van der Waals surface area contributed by atoms with Crippen LogP contribution in [0.25, 0.3) is 11.3 Å². The van der Waals surface area contributed by atoms with Crippen molar-refractivity contribution in [3.05, 3.63) is 118 Å². The molecule has 7 rings (SSSR count). The molecular weight excluding hydrogens is 612 g/mol. The van der Waals surface area contributed by atoms with E-state index in [1.165, 1.54) is 16.7 Å². The van der Waals surface area contributed by atoms with E-state index in [-0.39, 0.29) is 23.6 Å². The summed E-state index contributed by atoms with van der Waals surface area (Å²) in [6, 6.07) is 21.2. The molecular formula is C40H44N6O3. The van der Waals surface area contributed by atoms with Crippen molar-refractivity contribution >= 4 is 23.2 Å². The van der Waals surface area contributed by atoms with Crippen LogP contribution in [0.4, 0.5) is 11.4 Å². The van der Waals surface area contributed by atoms with Crippen molar-refractivity contribution in [3.63, 3.8) is 0 Å². The van der Waals surface area contributed by atoms with Crippen molar-refractivity contribution in [1.29, 1.82) is 0 Å². The van der Waals surface area contributed by atoms with Crippen molar-refractivity contribution in [1.82, 2.24) is 24.6 Å². The molecule has 252 valence electrons. The number of benzene rings is 3. The molecule has 0 unspecified atom stereocenters. The van der Waals surface area contributed by atoms with Crippen LogP contribution >= 0.6 is 0 Å². The summed E-state index contributed by atoms with van der Waals surface area (Å²) < 4.78 is 3.88. The predicted octanol–water partition coefficient (Wildman–Crippen LogP) is 6.77. The number of aromatic hydroxyl groups is 1. The minimum absolute atomic E-state index is 0.000363. The first-order chi connectivity index (χ1) is 23.6. The summed E-state index contributed by atoms with van der Waals surface area (Å²) in [6.45, 7) is 11.2. The number of fused-ring (bicyclic) bond motifs is 2. The SMILES string of the molecule is Cc1c(C(=O)N(c2ccc(O)cc2)c2cnn(CC(C)C)c2)cc(-c2cc3c(cc2C(=O)N2Cc4ccccc4C[C@H]2C)CNCC3)n1C. The number of rotatable bonds is 7. The highest BCUT2D eigenvalue weighted by atomic mass is 16.3. The fourth-order valence-electron chi connectivity index (χ4n) is 7.25. The number of hydrogen-bond donors (Lipinski definition) is 2. The van der Waals surface area contributed by atoms with Crippen LogP contribution in [0.2, 0.25) is 0 Å². The topological polar surface area (TPSA) is 95.6 Å². The molecule has 0 aliphatic carbocycles. The highest BCUT2D eigenvalue weighted by Gasteiger charge is 2.32. The zero-order chi connectivity index (χ0) is 34.4. The van der Waals surface area contributed by atoms with Crippen LogP contribution in [-0.2, 0) is 39.5 Å². The Labute approximate surface area is 287 Å². The smallest absolute Gasteiger partial charge is 0.264 e. The Bertz CT molecular complexity index is 2040. The summed E-state index contributed by atoms with van der Waals surface area (Å²) >= 11 is 0. The van der Waals surface area contributed by atoms with Crippen molar-refractivity contribution in [2.75, 3.05) is 11.4 Å². The normalized spacial score (nSPS) is 15.6. The molecule has 2 aliphatic heterocycles. The molecule has 1 atom stereocenters. The maximum absolute atomic E-state index is 14.7. The van der Waals surface area contributed by atoms with Crippen molar-refractivity contribution in [2.24, 2.45) is 13.0 Å². The lowest BCUT2D eigenvalue weighted by Crippen LogP contribution is -2.43. The van der Waals surface area contributed by atoms with Gasteiger partial charge in [0, 0.05) is 67.1 Å². The Morgan fingerprint density at radius 3 is 2.49 bits per heavy atom. The summed E-state index contributed by atoms with van der Waals surface area (Å²) in [7, 11) is 1.96. The fraction of sp³-hybridized carbons (Fsp3) is 0.325. The molecule has 9 heteroatoms. The van der Waals surface area contributed by atoms with Crippen molar-refractivity contribution in [3.8, 4) is 17.0 Å². The molecule has 2 N–H and O–H groups in total. The van der Waals surface area contributed by atoms with Crippen LogP contribution < -0.4 is 10.2 Å². The number of phenols is 1. The van der Waals surface area contributed by atoms with Gasteiger partial charge in [0.25, 0.3) is 11.8 Å². The third-order valence-electron chi connectivity index (χ3n) is 10.0. The van der Waals surface area contributed by atoms with Gasteiger partial charge in [-0.15, -0.1) is 0 Å². The van der Waals surface area contributed by atoms with E-state index in [0.29, 0.717) is 35.0 Å². The molecule has 2 aromatic heterocycles. The predicted molar refractivity (Wildman–Crippen MR) is 192 cm³/mol. The summed E-state index contributed by atoms with van der Waals surface area (Å²) in [5.74, 6) is 0.290. The number of nitrogens with zero attached hydrogens (tertiary/aromatic N) is 5. The first-order valence-corrected chi connectivity index (χ1v) is 17.2. The van der Waals surface area contributed by atoms with Crippen LogP contribution in [0.5, 0.6) is 5.75 Å². The second kappa shape index (κ2) is 13.0. The van der Waals surface area contributed by atoms with E-state index in [1.807, 2.05) is 46.4 Å². The molecule has 5 aromatic rings. The molecule has 0 spiro atoms. The van der Waals surface area contributed by atoms with Gasteiger partial charge in [0.15, 0.2) is 0 Å². The van der Waals surface area contributed by atoms with E-state index in [2.05, 4.69) is 61.5 Å². The molecule has 0 fully saturated rings. The number of amides is 2. The average molecular weight is 657 g/mol. The summed E-state index contributed by atoms with van der Waals surface area (Å²) in [4.78, 5) is 32.9. The van der Waals surface area contributed by atoms with Crippen LogP contribution in [0.3, 0.4) is 0 Å². The van der Waals surface area contributed by atoms with Gasteiger partial charge in [-0.25, -0.2) is 0 Å². The maximum atomic E-state index is 14.7. The number of hydrogen-bond acceptors (Lipinski definition) is 5. The van der Waals surface area contributed by atoms with E-state index >= 15 is 0 Å². The standard InChI is InChI=1S/C40H44N6O3/c1-25(2)22-44-24-33(21-42-44)46(32-10-12-34(47)13-11-32)40(49)35-19-38(43(5)27(35)4)36-17-29-14-15-41-20-31(29)18-37(36)39(48)45-23-30-9-7-6-8-28(30)16-26(45)3/h6-13,17-19,21,24-26,41,47H,14-16,20,22-23H2,1-5H3/t26-/m1/s1. The van der Waals surface area contributed by atoms with Gasteiger partial charge in [-0.2, -0.15) is 5.10 Å². The van der Waals surface area contributed by atoms with Gasteiger partial charge in [0.1, 0.15) is 5.75 Å². The highest BCUT2D eigenvalue weighted by molar-refractivity contribution is 6.12. The number of phenolic OH excluding ortho intramolecular Hbond substituents is 1. The van der Waals surface area contributed by atoms with Crippen molar-refractivity contribution < 1.29 is 14.7 Å². The molecule has 0 radical (unpaired) electrons. The molecule has 4 heterocycles. The minimum Gasteiger partial charge on any atom is -0.508 e. The van der Waals surface area contributed by atoms with Crippen LogP contribution in [0, 0.1) is 12.8 Å². The molecule has 49 heavy (non-hydrogen) atoms. The second-order valence-electron chi connectivity index (χ2n) is 13.9. The largest absolute Gasteiger partial charge is 0.508 e. The van der Waals surface area contributed by atoms with Gasteiger partial charge in [-0.05, 0) is 104 Å². The third kappa shape index (κ3) is 6.15. The summed E-state index contributed by atoms with van der Waals surface area (Å²) in [5, 5.41) is 18.0. The van der Waals surface area contributed by atoms with Crippen LogP contribution in [0.1, 0.15) is 69.4 Å². The lowest BCUT2D eigenvalue weighted by Gasteiger charge is -2.35. The van der Waals surface area contributed by atoms with Gasteiger partial charge in [0.2, 0.25) is 0 Å². The fourth-order valence-corrected chi connectivity index (χ4v) is 7.25. The first kappa shape index (κ1) is 32.4. The van der Waals surface area contributed by atoms with E-state index in [1.54, 1.807) is 35.4 Å². The van der Waals surface area contributed by atoms with Gasteiger partial charge in [-0.3, -0.25) is 19.2 Å². The van der Waals surface area contributed by atoms with Gasteiger partial charge < -0.3 is 19.9 Å². The molecule has 0 bridgehead atoms. The van der Waals surface area contributed by atoms with Crippen LogP contribution in [-0.4, -0.2) is 48.8 Å². The van der Waals surface area contributed by atoms with E-state index in [0.717, 1.165) is 55.0 Å². The lowest BCUT2D eigenvalue weighted by atomic mass is 9.90. The first-order valence-electron chi connectivity index (χ1n) is 17.2. The Balaban J connectivity index is 1.32. The number of anilines is 2. The lowest BCUT2D eigenvalue weighted by molar-refractivity contribution is 0.0658. The second-order valence-corrected chi connectivity index (χ2v) is 13.9. The molecule has 3 aromatic carbocycles.